The lowest BCUT2D eigenvalue weighted by Gasteiger charge is -2.23. The number of H-pyrrole nitrogens is 1. The third-order valence-electron chi connectivity index (χ3n) is 4.74. The van der Waals surface area contributed by atoms with Crippen LogP contribution in [0.5, 0.6) is 0 Å². The molecule has 26 heavy (non-hydrogen) atoms. The van der Waals surface area contributed by atoms with Crippen molar-refractivity contribution in [1.82, 2.24) is 29.7 Å². The third-order valence-corrected chi connectivity index (χ3v) is 4.74. The first-order valence-corrected chi connectivity index (χ1v) is 8.64. The Balaban J connectivity index is 1.45. The molecule has 1 aromatic carbocycles. The fourth-order valence-electron chi connectivity index (χ4n) is 3.15. The van der Waals surface area contributed by atoms with Crippen LogP contribution >= 0.6 is 0 Å². The molecular formula is C18H21FN6O. The lowest BCUT2D eigenvalue weighted by atomic mass is 10.1. The quantitative estimate of drug-likeness (QED) is 0.738. The molecular weight excluding hydrogens is 335 g/mol. The molecule has 1 aliphatic carbocycles. The predicted molar refractivity (Wildman–Crippen MR) is 94.7 cm³/mol. The molecule has 0 bridgehead atoms. The number of rotatable bonds is 5. The van der Waals surface area contributed by atoms with Crippen molar-refractivity contribution in [3.8, 4) is 0 Å². The van der Waals surface area contributed by atoms with Gasteiger partial charge in [0.25, 0.3) is 0 Å². The number of hydrogen-bond donors (Lipinski definition) is 2. The van der Waals surface area contributed by atoms with E-state index in [4.69, 9.17) is 0 Å². The maximum Gasteiger partial charge on any atom is 0.318 e. The van der Waals surface area contributed by atoms with E-state index in [2.05, 4.69) is 20.3 Å². The summed E-state index contributed by atoms with van der Waals surface area (Å²) < 4.78 is 15.2. The van der Waals surface area contributed by atoms with Crippen LogP contribution < -0.4 is 5.32 Å². The van der Waals surface area contributed by atoms with Crippen molar-refractivity contribution in [3.63, 3.8) is 0 Å². The normalized spacial score (nSPS) is 15.2. The van der Waals surface area contributed by atoms with Gasteiger partial charge in [0.2, 0.25) is 0 Å². The van der Waals surface area contributed by atoms with Crippen molar-refractivity contribution >= 4 is 17.1 Å². The topological polar surface area (TPSA) is 78.8 Å². The van der Waals surface area contributed by atoms with Gasteiger partial charge < -0.3 is 19.8 Å². The lowest BCUT2D eigenvalue weighted by molar-refractivity contribution is 0.199. The molecule has 0 aliphatic heterocycles. The van der Waals surface area contributed by atoms with Crippen LogP contribution in [0.15, 0.2) is 30.6 Å². The molecule has 0 spiro atoms. The Labute approximate surface area is 150 Å². The van der Waals surface area contributed by atoms with Crippen molar-refractivity contribution in [2.45, 2.75) is 25.4 Å². The Morgan fingerprint density at radius 2 is 2.31 bits per heavy atom. The van der Waals surface area contributed by atoms with Crippen LogP contribution in [0, 0.1) is 11.7 Å². The summed E-state index contributed by atoms with van der Waals surface area (Å²) in [5.41, 5.74) is 1.30. The molecule has 1 fully saturated rings. The summed E-state index contributed by atoms with van der Waals surface area (Å²) in [4.78, 5) is 26.1. The number of nitrogens with zero attached hydrogens (tertiary/aromatic N) is 4. The Bertz CT molecular complexity index is 944. The van der Waals surface area contributed by atoms with Gasteiger partial charge in [0, 0.05) is 26.5 Å². The number of carbonyl (C=O) groups is 1. The number of imidazole rings is 2. The maximum atomic E-state index is 13.3. The summed E-state index contributed by atoms with van der Waals surface area (Å²) in [7, 11) is 3.65. The van der Waals surface area contributed by atoms with E-state index in [9.17, 15) is 9.18 Å². The Hall–Kier alpha value is -2.90. The van der Waals surface area contributed by atoms with Crippen LogP contribution in [0.1, 0.15) is 30.5 Å². The smallest absolute Gasteiger partial charge is 0.318 e. The number of carbonyl (C=O) groups excluding carboxylic acids is 1. The SMILES string of the molecule is CN(Cc1nc2ccc(F)cc2[nH]1)C(=O)NC(c1nccn1C)C1CC1. The number of fused-ring (bicyclic) bond motifs is 1. The fraction of sp³-hybridized carbons (Fsp3) is 0.389. The molecule has 1 atom stereocenters. The van der Waals surface area contributed by atoms with Crippen molar-refractivity contribution in [1.29, 1.82) is 0 Å². The molecule has 2 amide bonds. The second-order valence-electron chi connectivity index (χ2n) is 6.86. The van der Waals surface area contributed by atoms with Crippen molar-refractivity contribution in [2.24, 2.45) is 13.0 Å². The highest BCUT2D eigenvalue weighted by atomic mass is 19.1. The highest BCUT2D eigenvalue weighted by molar-refractivity contribution is 5.76. The first-order chi connectivity index (χ1) is 12.5. The molecule has 4 rings (SSSR count). The number of amides is 2. The Morgan fingerprint density at radius 1 is 1.50 bits per heavy atom. The second-order valence-corrected chi connectivity index (χ2v) is 6.86. The number of benzene rings is 1. The standard InChI is InChI=1S/C18H21FN6O/c1-24-8-7-20-17(24)16(11-3-4-11)23-18(26)25(2)10-15-21-13-6-5-12(19)9-14(13)22-15/h5-9,11,16H,3-4,10H2,1-2H3,(H,21,22)(H,23,26). The first kappa shape index (κ1) is 16.6. The van der Waals surface area contributed by atoms with Gasteiger partial charge in [-0.2, -0.15) is 0 Å². The summed E-state index contributed by atoms with van der Waals surface area (Å²) in [5, 5.41) is 3.09. The first-order valence-electron chi connectivity index (χ1n) is 8.64. The number of urea groups is 1. The number of aromatic amines is 1. The molecule has 0 radical (unpaired) electrons. The van der Waals surface area contributed by atoms with E-state index in [1.807, 2.05) is 17.8 Å². The molecule has 3 aromatic rings. The minimum absolute atomic E-state index is 0.0882. The zero-order valence-electron chi connectivity index (χ0n) is 14.7. The van der Waals surface area contributed by atoms with E-state index >= 15 is 0 Å². The van der Waals surface area contributed by atoms with E-state index in [-0.39, 0.29) is 17.9 Å². The predicted octanol–water partition coefficient (Wildman–Crippen LogP) is 2.73. The van der Waals surface area contributed by atoms with Gasteiger partial charge in [-0.1, -0.05) is 0 Å². The molecule has 0 saturated heterocycles. The van der Waals surface area contributed by atoms with Crippen LogP contribution in [0.4, 0.5) is 9.18 Å². The van der Waals surface area contributed by atoms with E-state index in [0.29, 0.717) is 29.3 Å². The van der Waals surface area contributed by atoms with Crippen molar-refractivity contribution in [2.75, 3.05) is 7.05 Å². The number of aryl methyl sites for hydroxylation is 1. The molecule has 2 heterocycles. The highest BCUT2D eigenvalue weighted by Gasteiger charge is 2.36. The number of aromatic nitrogens is 4. The summed E-state index contributed by atoms with van der Waals surface area (Å²) in [6.45, 7) is 0.306. The molecule has 8 heteroatoms. The van der Waals surface area contributed by atoms with Gasteiger partial charge in [-0.15, -0.1) is 0 Å². The summed E-state index contributed by atoms with van der Waals surface area (Å²) in [6, 6.07) is 4.12. The molecule has 1 saturated carbocycles. The molecule has 136 valence electrons. The zero-order valence-corrected chi connectivity index (χ0v) is 14.7. The van der Waals surface area contributed by atoms with Gasteiger partial charge >= 0.3 is 6.03 Å². The van der Waals surface area contributed by atoms with Crippen LogP contribution in [0.2, 0.25) is 0 Å². The van der Waals surface area contributed by atoms with Crippen LogP contribution in [0.25, 0.3) is 11.0 Å². The number of hydrogen-bond acceptors (Lipinski definition) is 3. The summed E-state index contributed by atoms with van der Waals surface area (Å²) in [6.07, 6.45) is 5.82. The zero-order chi connectivity index (χ0) is 18.3. The minimum atomic E-state index is -0.318. The van der Waals surface area contributed by atoms with E-state index < -0.39 is 0 Å². The van der Waals surface area contributed by atoms with Gasteiger partial charge in [0.15, 0.2) is 0 Å². The summed E-state index contributed by atoms with van der Waals surface area (Å²) >= 11 is 0. The van der Waals surface area contributed by atoms with Gasteiger partial charge in [0.1, 0.15) is 17.5 Å². The molecule has 1 aliphatic rings. The van der Waals surface area contributed by atoms with Gasteiger partial charge in [-0.3, -0.25) is 0 Å². The number of nitrogens with one attached hydrogen (secondary N) is 2. The largest absolute Gasteiger partial charge is 0.340 e. The van der Waals surface area contributed by atoms with Gasteiger partial charge in [-0.05, 0) is 37.0 Å². The number of halogens is 1. The Morgan fingerprint density at radius 3 is 3.00 bits per heavy atom. The minimum Gasteiger partial charge on any atom is -0.340 e. The molecule has 1 unspecified atom stereocenters. The van der Waals surface area contributed by atoms with Crippen LogP contribution in [-0.2, 0) is 13.6 Å². The molecule has 7 nitrogen and oxygen atoms in total. The summed E-state index contributed by atoms with van der Waals surface area (Å²) in [5.74, 6) is 1.60. The Kier molecular flexibility index (Phi) is 4.10. The average Bonchev–Trinajstić information content (AvgIpc) is 3.24. The molecule has 2 aromatic heterocycles. The monoisotopic (exact) mass is 356 g/mol. The van der Waals surface area contributed by atoms with Gasteiger partial charge in [-0.25, -0.2) is 19.2 Å². The van der Waals surface area contributed by atoms with E-state index in [1.54, 1.807) is 24.2 Å². The van der Waals surface area contributed by atoms with Crippen LogP contribution in [0.3, 0.4) is 0 Å². The molecule has 2 N–H and O–H groups in total. The van der Waals surface area contributed by atoms with Gasteiger partial charge in [0.05, 0.1) is 23.6 Å². The maximum absolute atomic E-state index is 13.3. The van der Waals surface area contributed by atoms with E-state index in [1.165, 1.54) is 12.1 Å². The average molecular weight is 356 g/mol. The fourth-order valence-corrected chi connectivity index (χ4v) is 3.15. The lowest BCUT2D eigenvalue weighted by Crippen LogP contribution is -2.40. The van der Waals surface area contributed by atoms with Crippen molar-refractivity contribution < 1.29 is 9.18 Å². The second kappa shape index (κ2) is 6.44. The third kappa shape index (κ3) is 3.26. The van der Waals surface area contributed by atoms with Crippen LogP contribution in [-0.4, -0.2) is 37.5 Å². The van der Waals surface area contributed by atoms with E-state index in [0.717, 1.165) is 18.7 Å². The van der Waals surface area contributed by atoms with Crippen molar-refractivity contribution in [3.05, 3.63) is 48.1 Å². The highest BCUT2D eigenvalue weighted by Crippen LogP contribution is 2.40.